The molecule has 3 heterocycles. The zero-order valence-corrected chi connectivity index (χ0v) is 37.6. The zero-order valence-electron chi connectivity index (χ0n) is 37.6. The summed E-state index contributed by atoms with van der Waals surface area (Å²) in [5.41, 5.74) is 1.72. The summed E-state index contributed by atoms with van der Waals surface area (Å²) in [7, 11) is 4.76. The second-order valence-electron chi connectivity index (χ2n) is 18.3. The number of Topliss-reactive ketones (excluding diaryl/α,β-unsaturated/α-hetero) is 2. The minimum atomic E-state index is -2.49. The van der Waals surface area contributed by atoms with Crippen LogP contribution in [0.2, 0.25) is 0 Å². The van der Waals surface area contributed by atoms with Crippen LogP contribution in [0.4, 0.5) is 0 Å². The molecular weight excluding hydrogens is 759 g/mol. The Kier molecular flexibility index (Phi) is 18.3. The summed E-state index contributed by atoms with van der Waals surface area (Å²) in [4.78, 5) is 58.0. The van der Waals surface area contributed by atoms with Crippen LogP contribution in [0, 0.1) is 29.6 Å². The topological polar surface area (TPSA) is 167 Å². The summed E-state index contributed by atoms with van der Waals surface area (Å²) in [6.45, 7) is 15.4. The van der Waals surface area contributed by atoms with Crippen molar-refractivity contribution in [2.24, 2.45) is 29.6 Å². The Labute approximate surface area is 352 Å². The standard InChI is InChI=1S/C46H75NO12/c1-12-33-20-27(4)19-28(5)21-39(55-10)42-40(56-11)23-30(7)46(53,59-42)43(50)44(51)47-18-14-13-15-34(47)45(52)58-41(31(8)35(48)25-36(33)49)29(6)22-32-16-17-37(57-26(2)3)38(24-32)54-9/h20,22,26,28,30-35,37-42,48,53H,12-19,21,23-25H2,1-11H3/b27-20+,29-22+/t28-,30+,31+,32-,33+,34-,35-,37+,38+,39-,40-,41+,42+,46+/m0/s1. The van der Waals surface area contributed by atoms with Crippen LogP contribution in [0.1, 0.15) is 126 Å². The third kappa shape index (κ3) is 12.1. The molecule has 4 rings (SSSR count). The molecule has 0 aromatic heterocycles. The van der Waals surface area contributed by atoms with Gasteiger partial charge in [-0.05, 0) is 109 Å². The van der Waals surface area contributed by atoms with Gasteiger partial charge in [0, 0.05) is 52.0 Å². The monoisotopic (exact) mass is 834 g/mol. The van der Waals surface area contributed by atoms with Crippen molar-refractivity contribution >= 4 is 23.4 Å². The van der Waals surface area contributed by atoms with E-state index < -0.39 is 77.8 Å². The number of cyclic esters (lactones) is 1. The van der Waals surface area contributed by atoms with Gasteiger partial charge in [0.2, 0.25) is 5.79 Å². The van der Waals surface area contributed by atoms with Crippen LogP contribution < -0.4 is 0 Å². The number of amides is 1. The van der Waals surface area contributed by atoms with Gasteiger partial charge in [-0.2, -0.15) is 0 Å². The first-order valence-corrected chi connectivity index (χ1v) is 22.1. The average molecular weight is 834 g/mol. The van der Waals surface area contributed by atoms with Crippen molar-refractivity contribution in [2.75, 3.05) is 27.9 Å². The number of ketones is 2. The molecule has 3 aliphatic heterocycles. The quantitative estimate of drug-likeness (QED) is 0.169. The SMILES string of the molecule is CC[C@@H]1/C=C(\C)C[C@H](C)C[C@H](OC)[C@H]2O[C@@](O)(C(=O)C(=O)N3CCCC[C@H]3C(=O)O[C@H](/C(C)=C/[C@@H]3CC[C@@H](OC(C)C)[C@H](OC)C3)[C@H](C)[C@@H](O)CC1=O)[C@H](C)C[C@@H]2OC. The summed E-state index contributed by atoms with van der Waals surface area (Å²) in [6, 6.07) is -1.12. The number of hydrogen-bond acceptors (Lipinski definition) is 12. The normalized spacial score (nSPS) is 40.2. The lowest BCUT2D eigenvalue weighted by molar-refractivity contribution is -0.302. The predicted octanol–water partition coefficient (Wildman–Crippen LogP) is 5.91. The highest BCUT2D eigenvalue weighted by atomic mass is 16.7. The van der Waals surface area contributed by atoms with Gasteiger partial charge in [0.25, 0.3) is 11.7 Å². The van der Waals surface area contributed by atoms with Crippen LogP contribution in [0.25, 0.3) is 0 Å². The highest BCUT2D eigenvalue weighted by Gasteiger charge is 2.56. The molecule has 2 N–H and O–H groups in total. The van der Waals surface area contributed by atoms with Gasteiger partial charge in [-0.3, -0.25) is 14.4 Å². The Morgan fingerprint density at radius 1 is 0.932 bits per heavy atom. The van der Waals surface area contributed by atoms with E-state index in [0.717, 1.165) is 18.4 Å². The first-order chi connectivity index (χ1) is 27.9. The van der Waals surface area contributed by atoms with E-state index in [1.807, 2.05) is 40.7 Å². The number of rotatable bonds is 8. The van der Waals surface area contributed by atoms with E-state index in [4.69, 9.17) is 28.4 Å². The minimum Gasteiger partial charge on any atom is -0.456 e. The summed E-state index contributed by atoms with van der Waals surface area (Å²) in [5.74, 6) is -7.31. The molecule has 0 radical (unpaired) electrons. The second-order valence-corrected chi connectivity index (χ2v) is 18.3. The Balaban J connectivity index is 1.75. The maximum atomic E-state index is 14.4. The number of hydrogen-bond donors (Lipinski definition) is 2. The molecule has 2 bridgehead atoms. The van der Waals surface area contributed by atoms with Crippen LogP contribution in [0.5, 0.6) is 0 Å². The zero-order chi connectivity index (χ0) is 43.8. The average Bonchev–Trinajstić information content (AvgIpc) is 3.20. The highest BCUT2D eigenvalue weighted by Crippen LogP contribution is 2.39. The molecule has 13 nitrogen and oxygen atoms in total. The molecule has 14 atom stereocenters. The molecule has 1 amide bonds. The van der Waals surface area contributed by atoms with E-state index in [1.165, 1.54) is 19.1 Å². The molecule has 336 valence electrons. The third-order valence-electron chi connectivity index (χ3n) is 13.3. The van der Waals surface area contributed by atoms with E-state index in [1.54, 1.807) is 21.0 Å². The van der Waals surface area contributed by atoms with Crippen LogP contribution in [0.3, 0.4) is 0 Å². The van der Waals surface area contributed by atoms with Gasteiger partial charge in [-0.25, -0.2) is 4.79 Å². The van der Waals surface area contributed by atoms with Crippen molar-refractivity contribution < 1.29 is 57.8 Å². The van der Waals surface area contributed by atoms with Gasteiger partial charge in [0.05, 0.1) is 36.6 Å². The van der Waals surface area contributed by atoms with E-state index in [0.29, 0.717) is 44.1 Å². The molecule has 1 saturated carbocycles. The highest BCUT2D eigenvalue weighted by molar-refractivity contribution is 6.39. The molecule has 59 heavy (non-hydrogen) atoms. The van der Waals surface area contributed by atoms with Crippen molar-refractivity contribution in [3.8, 4) is 0 Å². The minimum absolute atomic E-state index is 0.0394. The van der Waals surface area contributed by atoms with Crippen LogP contribution in [-0.2, 0) is 47.6 Å². The van der Waals surface area contributed by atoms with E-state index in [9.17, 15) is 29.4 Å². The van der Waals surface area contributed by atoms with Crippen LogP contribution in [-0.4, -0.2) is 127 Å². The number of aliphatic hydroxyl groups excluding tert-OH is 1. The number of fused-ring (bicyclic) bond motifs is 3. The number of aliphatic hydroxyl groups is 2. The summed E-state index contributed by atoms with van der Waals surface area (Å²) >= 11 is 0. The number of methoxy groups -OCH3 is 3. The third-order valence-corrected chi connectivity index (χ3v) is 13.3. The van der Waals surface area contributed by atoms with Crippen molar-refractivity contribution in [3.63, 3.8) is 0 Å². The Morgan fingerprint density at radius 2 is 1.59 bits per heavy atom. The molecule has 0 aromatic rings. The molecule has 1 aliphatic carbocycles. The number of ether oxygens (including phenoxy) is 6. The maximum absolute atomic E-state index is 14.4. The molecule has 2 saturated heterocycles. The fourth-order valence-corrected chi connectivity index (χ4v) is 9.88. The van der Waals surface area contributed by atoms with Crippen LogP contribution >= 0.6 is 0 Å². The number of esters is 1. The number of piperidine rings is 1. The van der Waals surface area contributed by atoms with Crippen molar-refractivity contribution in [1.29, 1.82) is 0 Å². The molecule has 0 aromatic carbocycles. The van der Waals surface area contributed by atoms with E-state index >= 15 is 0 Å². The molecule has 3 fully saturated rings. The Hall–Kier alpha value is -2.52. The lowest BCUT2D eigenvalue weighted by atomic mass is 9.81. The van der Waals surface area contributed by atoms with Gasteiger partial charge >= 0.3 is 5.97 Å². The van der Waals surface area contributed by atoms with Crippen molar-refractivity contribution in [3.05, 3.63) is 23.3 Å². The predicted molar refractivity (Wildman–Crippen MR) is 222 cm³/mol. The fraction of sp³-hybridized carbons (Fsp3) is 0.826. The summed E-state index contributed by atoms with van der Waals surface area (Å²) < 4.78 is 36.3. The smallest absolute Gasteiger partial charge is 0.329 e. The van der Waals surface area contributed by atoms with E-state index in [2.05, 4.69) is 13.0 Å². The van der Waals surface area contributed by atoms with Gasteiger partial charge in [0.15, 0.2) is 0 Å². The van der Waals surface area contributed by atoms with Gasteiger partial charge in [-0.1, -0.05) is 45.4 Å². The van der Waals surface area contributed by atoms with E-state index in [-0.39, 0.29) is 61.7 Å². The molecule has 4 aliphatic rings. The molecular formula is C46H75NO12. The number of nitrogens with zero attached hydrogens (tertiary/aromatic N) is 1. The molecule has 0 unspecified atom stereocenters. The summed E-state index contributed by atoms with van der Waals surface area (Å²) in [5, 5.41) is 23.8. The molecule has 0 spiro atoms. The Morgan fingerprint density at radius 3 is 2.22 bits per heavy atom. The van der Waals surface area contributed by atoms with Gasteiger partial charge in [-0.15, -0.1) is 0 Å². The number of carbonyl (C=O) groups is 4. The second kappa shape index (κ2) is 22.0. The summed E-state index contributed by atoms with van der Waals surface area (Å²) in [6.07, 6.45) is 5.30. The first-order valence-electron chi connectivity index (χ1n) is 22.1. The van der Waals surface area contributed by atoms with Gasteiger partial charge in [0.1, 0.15) is 24.0 Å². The fourth-order valence-electron chi connectivity index (χ4n) is 9.88. The molecule has 13 heteroatoms. The number of carbonyl (C=O) groups excluding carboxylic acids is 4. The van der Waals surface area contributed by atoms with Crippen LogP contribution in [0.15, 0.2) is 23.3 Å². The lowest BCUT2D eigenvalue weighted by Crippen LogP contribution is -2.64. The first kappa shape index (κ1) is 49.1. The lowest BCUT2D eigenvalue weighted by Gasteiger charge is -2.47. The maximum Gasteiger partial charge on any atom is 0.329 e. The largest absolute Gasteiger partial charge is 0.456 e. The van der Waals surface area contributed by atoms with Crippen molar-refractivity contribution in [2.45, 2.75) is 187 Å². The Bertz CT molecular complexity index is 1500. The van der Waals surface area contributed by atoms with Crippen molar-refractivity contribution in [1.82, 2.24) is 4.90 Å². The number of allylic oxidation sites excluding steroid dienone is 3. The van der Waals surface area contributed by atoms with Gasteiger partial charge < -0.3 is 43.5 Å².